The fourth-order valence-corrected chi connectivity index (χ4v) is 2.03. The average molecular weight is 227 g/mol. The summed E-state index contributed by atoms with van der Waals surface area (Å²) in [6.07, 6.45) is 6.22. The summed E-state index contributed by atoms with van der Waals surface area (Å²) >= 11 is 0. The number of nitrogens with zero attached hydrogens (tertiary/aromatic N) is 4. The molecule has 5 nitrogen and oxygen atoms in total. The highest BCUT2D eigenvalue weighted by Crippen LogP contribution is 2.21. The van der Waals surface area contributed by atoms with Crippen molar-refractivity contribution >= 4 is 0 Å². The normalized spacial score (nSPS) is 18.8. The molecule has 0 amide bonds. The average Bonchev–Trinajstić information content (AvgIpc) is 2.40. The molecule has 86 valence electrons. The van der Waals surface area contributed by atoms with Crippen LogP contribution in [0.5, 0.6) is 0 Å². The summed E-state index contributed by atoms with van der Waals surface area (Å²) in [6.45, 7) is 3.08. The molecule has 0 spiro atoms. The molecule has 1 unspecified atom stereocenters. The number of hydrogen-bond acceptors (Lipinski definition) is 5. The topological polar surface area (TPSA) is 63.6 Å². The molecular formula is C12H13N5. The first-order chi connectivity index (χ1) is 8.34. The molecule has 17 heavy (non-hydrogen) atoms. The molecular weight excluding hydrogens is 214 g/mol. The van der Waals surface area contributed by atoms with Gasteiger partial charge in [0.2, 0.25) is 0 Å². The Morgan fingerprint density at radius 3 is 2.82 bits per heavy atom. The Balaban J connectivity index is 2.04. The Kier molecular flexibility index (Phi) is 2.53. The minimum absolute atomic E-state index is 0.324. The fourth-order valence-electron chi connectivity index (χ4n) is 2.03. The van der Waals surface area contributed by atoms with E-state index in [1.165, 1.54) is 5.56 Å². The van der Waals surface area contributed by atoms with E-state index in [1.807, 2.05) is 6.20 Å². The summed E-state index contributed by atoms with van der Waals surface area (Å²) in [7, 11) is 0. The number of fused-ring (bicyclic) bond motifs is 1. The van der Waals surface area contributed by atoms with Crippen LogP contribution in [0.4, 0.5) is 0 Å². The van der Waals surface area contributed by atoms with Gasteiger partial charge in [0.25, 0.3) is 0 Å². The van der Waals surface area contributed by atoms with E-state index < -0.39 is 0 Å². The molecule has 1 atom stereocenters. The second-order valence-electron chi connectivity index (χ2n) is 4.09. The summed E-state index contributed by atoms with van der Waals surface area (Å²) in [4.78, 5) is 17.2. The first-order valence-corrected chi connectivity index (χ1v) is 5.71. The quantitative estimate of drug-likeness (QED) is 0.791. The predicted octanol–water partition coefficient (Wildman–Crippen LogP) is 1.14. The zero-order valence-corrected chi connectivity index (χ0v) is 9.59. The minimum Gasteiger partial charge on any atom is -0.310 e. The van der Waals surface area contributed by atoms with E-state index in [2.05, 4.69) is 32.2 Å². The summed E-state index contributed by atoms with van der Waals surface area (Å²) in [5.41, 5.74) is 2.28. The Morgan fingerprint density at radius 1 is 1.18 bits per heavy atom. The molecule has 1 aliphatic rings. The Bertz CT molecular complexity index is 526. The van der Waals surface area contributed by atoms with Gasteiger partial charge in [-0.3, -0.25) is 0 Å². The maximum Gasteiger partial charge on any atom is 0.197 e. The molecule has 3 heterocycles. The first-order valence-electron chi connectivity index (χ1n) is 5.71. The van der Waals surface area contributed by atoms with Crippen molar-refractivity contribution in [3.8, 4) is 11.6 Å². The zero-order valence-electron chi connectivity index (χ0n) is 9.59. The van der Waals surface area contributed by atoms with Gasteiger partial charge in [-0.25, -0.2) is 19.9 Å². The van der Waals surface area contributed by atoms with Gasteiger partial charge < -0.3 is 5.32 Å². The molecule has 0 saturated heterocycles. The Hall–Kier alpha value is -1.88. The SMILES string of the molecule is CC1NCCc2nc(-c3ncccn3)ncc21. The van der Waals surface area contributed by atoms with E-state index in [0.29, 0.717) is 17.7 Å². The highest BCUT2D eigenvalue weighted by molar-refractivity contribution is 5.43. The third-order valence-electron chi connectivity index (χ3n) is 2.94. The molecule has 0 aliphatic carbocycles. The van der Waals surface area contributed by atoms with Crippen LogP contribution in [0.15, 0.2) is 24.7 Å². The van der Waals surface area contributed by atoms with Crippen molar-refractivity contribution in [2.45, 2.75) is 19.4 Å². The van der Waals surface area contributed by atoms with Crippen LogP contribution in [0.25, 0.3) is 11.6 Å². The summed E-state index contributed by atoms with van der Waals surface area (Å²) in [6, 6.07) is 2.11. The molecule has 0 bridgehead atoms. The van der Waals surface area contributed by atoms with Crippen LogP contribution in [0.2, 0.25) is 0 Å². The smallest absolute Gasteiger partial charge is 0.197 e. The number of nitrogens with one attached hydrogen (secondary N) is 1. The number of rotatable bonds is 1. The van der Waals surface area contributed by atoms with Crippen LogP contribution in [0.3, 0.4) is 0 Å². The summed E-state index contributed by atoms with van der Waals surface area (Å²) in [5.74, 6) is 1.19. The predicted molar refractivity (Wildman–Crippen MR) is 63.2 cm³/mol. The van der Waals surface area contributed by atoms with Crippen molar-refractivity contribution in [1.29, 1.82) is 0 Å². The lowest BCUT2D eigenvalue weighted by Gasteiger charge is -2.22. The molecule has 2 aromatic heterocycles. The highest BCUT2D eigenvalue weighted by atomic mass is 15.0. The lowest BCUT2D eigenvalue weighted by molar-refractivity contribution is 0.529. The molecule has 3 rings (SSSR count). The van der Waals surface area contributed by atoms with Gasteiger partial charge in [0.05, 0.1) is 5.69 Å². The molecule has 0 aromatic carbocycles. The van der Waals surface area contributed by atoms with Gasteiger partial charge in [-0.2, -0.15) is 0 Å². The van der Waals surface area contributed by atoms with Gasteiger partial charge in [0, 0.05) is 43.2 Å². The second kappa shape index (κ2) is 4.18. The van der Waals surface area contributed by atoms with Gasteiger partial charge in [0.1, 0.15) is 0 Å². The van der Waals surface area contributed by atoms with Crippen molar-refractivity contribution in [2.24, 2.45) is 0 Å². The monoisotopic (exact) mass is 227 g/mol. The van der Waals surface area contributed by atoms with Crippen LogP contribution >= 0.6 is 0 Å². The maximum atomic E-state index is 4.56. The standard InChI is InChI=1S/C12H13N5/c1-8-9-7-16-12(11-14-4-2-5-15-11)17-10(9)3-6-13-8/h2,4-5,7-8,13H,3,6H2,1H3. The van der Waals surface area contributed by atoms with Gasteiger partial charge in [0.15, 0.2) is 11.6 Å². The van der Waals surface area contributed by atoms with Crippen molar-refractivity contribution in [3.05, 3.63) is 35.9 Å². The van der Waals surface area contributed by atoms with Crippen LogP contribution in [-0.2, 0) is 6.42 Å². The Morgan fingerprint density at radius 2 is 2.00 bits per heavy atom. The lowest BCUT2D eigenvalue weighted by atomic mass is 10.0. The zero-order chi connectivity index (χ0) is 11.7. The van der Waals surface area contributed by atoms with E-state index in [0.717, 1.165) is 18.7 Å². The van der Waals surface area contributed by atoms with E-state index in [-0.39, 0.29) is 0 Å². The minimum atomic E-state index is 0.324. The summed E-state index contributed by atoms with van der Waals surface area (Å²) in [5, 5.41) is 3.39. The van der Waals surface area contributed by atoms with Crippen LogP contribution in [0.1, 0.15) is 24.2 Å². The van der Waals surface area contributed by atoms with E-state index in [1.54, 1.807) is 18.5 Å². The fraction of sp³-hybridized carbons (Fsp3) is 0.333. The first kappa shape index (κ1) is 10.3. The maximum absolute atomic E-state index is 4.56. The molecule has 0 fully saturated rings. The molecule has 0 radical (unpaired) electrons. The number of aromatic nitrogens is 4. The lowest BCUT2D eigenvalue weighted by Crippen LogP contribution is -2.29. The third-order valence-corrected chi connectivity index (χ3v) is 2.94. The van der Waals surface area contributed by atoms with Gasteiger partial charge in [-0.05, 0) is 13.0 Å². The van der Waals surface area contributed by atoms with Gasteiger partial charge in [-0.15, -0.1) is 0 Å². The van der Waals surface area contributed by atoms with E-state index >= 15 is 0 Å². The molecule has 1 aliphatic heterocycles. The molecule has 2 aromatic rings. The second-order valence-corrected chi connectivity index (χ2v) is 4.09. The highest BCUT2D eigenvalue weighted by Gasteiger charge is 2.18. The van der Waals surface area contributed by atoms with Crippen molar-refractivity contribution < 1.29 is 0 Å². The third kappa shape index (κ3) is 1.89. The van der Waals surface area contributed by atoms with Crippen molar-refractivity contribution in [1.82, 2.24) is 25.3 Å². The van der Waals surface area contributed by atoms with Crippen LogP contribution in [0, 0.1) is 0 Å². The Labute approximate surface area is 99.4 Å². The summed E-state index contributed by atoms with van der Waals surface area (Å²) < 4.78 is 0. The van der Waals surface area contributed by atoms with E-state index in [9.17, 15) is 0 Å². The molecule has 0 saturated carbocycles. The largest absolute Gasteiger partial charge is 0.310 e. The van der Waals surface area contributed by atoms with Gasteiger partial charge >= 0.3 is 0 Å². The number of hydrogen-bond donors (Lipinski definition) is 1. The van der Waals surface area contributed by atoms with Crippen LogP contribution in [-0.4, -0.2) is 26.5 Å². The van der Waals surface area contributed by atoms with E-state index in [4.69, 9.17) is 0 Å². The van der Waals surface area contributed by atoms with Gasteiger partial charge in [-0.1, -0.05) is 0 Å². The van der Waals surface area contributed by atoms with Crippen molar-refractivity contribution in [3.63, 3.8) is 0 Å². The van der Waals surface area contributed by atoms with Crippen molar-refractivity contribution in [2.75, 3.05) is 6.54 Å². The van der Waals surface area contributed by atoms with Crippen LogP contribution < -0.4 is 5.32 Å². The molecule has 1 N–H and O–H groups in total. The molecule has 5 heteroatoms.